The highest BCUT2D eigenvalue weighted by molar-refractivity contribution is 6.32. The zero-order valence-electron chi connectivity index (χ0n) is 10.4. The number of halogens is 1. The number of nitrogens with zero attached hydrogens (tertiary/aromatic N) is 2. The van der Waals surface area contributed by atoms with Crippen LogP contribution < -0.4 is 0 Å². The molecule has 0 aliphatic rings. The van der Waals surface area contributed by atoms with Crippen LogP contribution in [0.4, 0.5) is 0 Å². The van der Waals surface area contributed by atoms with Crippen LogP contribution in [0.3, 0.4) is 0 Å². The molecule has 0 bridgehead atoms. The first-order valence-corrected chi connectivity index (χ1v) is 5.85. The fourth-order valence-electron chi connectivity index (χ4n) is 1.94. The average molecular weight is 265 g/mol. The van der Waals surface area contributed by atoms with Crippen molar-refractivity contribution >= 4 is 17.6 Å². The van der Waals surface area contributed by atoms with Crippen LogP contribution in [0.15, 0.2) is 18.2 Å². The maximum Gasteiger partial charge on any atom is 0.340 e. The minimum absolute atomic E-state index is 0.0524. The number of aryl methyl sites for hydroxylation is 3. The summed E-state index contributed by atoms with van der Waals surface area (Å²) < 4.78 is 1.47. The third-order valence-corrected chi connectivity index (χ3v) is 3.15. The summed E-state index contributed by atoms with van der Waals surface area (Å²) in [6, 6.07) is 5.83. The van der Waals surface area contributed by atoms with Gasteiger partial charge in [-0.3, -0.25) is 0 Å². The summed E-state index contributed by atoms with van der Waals surface area (Å²) >= 11 is 6.09. The second-order valence-electron chi connectivity index (χ2n) is 4.26. The lowest BCUT2D eigenvalue weighted by atomic mass is 10.1. The van der Waals surface area contributed by atoms with Gasteiger partial charge in [-0.1, -0.05) is 29.3 Å². The maximum atomic E-state index is 11.1. The Bertz CT molecular complexity index is 632. The normalized spacial score (nSPS) is 10.7. The van der Waals surface area contributed by atoms with Gasteiger partial charge in [0.05, 0.1) is 11.4 Å². The quantitative estimate of drug-likeness (QED) is 0.907. The van der Waals surface area contributed by atoms with E-state index in [-0.39, 0.29) is 10.7 Å². The highest BCUT2D eigenvalue weighted by Crippen LogP contribution is 2.25. The number of carbonyl (C=O) groups is 1. The van der Waals surface area contributed by atoms with E-state index in [0.717, 1.165) is 16.8 Å². The molecule has 4 nitrogen and oxygen atoms in total. The van der Waals surface area contributed by atoms with E-state index in [4.69, 9.17) is 16.7 Å². The van der Waals surface area contributed by atoms with Gasteiger partial charge in [0.1, 0.15) is 10.7 Å². The molecular weight excluding hydrogens is 252 g/mol. The molecule has 0 unspecified atom stereocenters. The van der Waals surface area contributed by atoms with E-state index in [2.05, 4.69) is 5.10 Å². The van der Waals surface area contributed by atoms with Crippen molar-refractivity contribution in [2.24, 2.45) is 0 Å². The van der Waals surface area contributed by atoms with Crippen LogP contribution >= 0.6 is 11.6 Å². The van der Waals surface area contributed by atoms with Crippen molar-refractivity contribution in [1.82, 2.24) is 9.78 Å². The highest BCUT2D eigenvalue weighted by Gasteiger charge is 2.20. The predicted molar refractivity (Wildman–Crippen MR) is 69.7 cm³/mol. The lowest BCUT2D eigenvalue weighted by Gasteiger charge is -2.07. The molecule has 0 aliphatic carbocycles. The van der Waals surface area contributed by atoms with Crippen LogP contribution in [0.2, 0.25) is 5.15 Å². The summed E-state index contributed by atoms with van der Waals surface area (Å²) in [5, 5.41) is 13.4. The number of carboxylic acid groups (broad SMARTS) is 1. The first-order chi connectivity index (χ1) is 8.41. The van der Waals surface area contributed by atoms with Gasteiger partial charge >= 0.3 is 5.97 Å². The van der Waals surface area contributed by atoms with Crippen LogP contribution in [0, 0.1) is 20.8 Å². The van der Waals surface area contributed by atoms with Crippen molar-refractivity contribution in [3.8, 4) is 5.69 Å². The topological polar surface area (TPSA) is 55.1 Å². The van der Waals surface area contributed by atoms with E-state index >= 15 is 0 Å². The summed E-state index contributed by atoms with van der Waals surface area (Å²) in [4.78, 5) is 11.1. The lowest BCUT2D eigenvalue weighted by molar-refractivity contribution is 0.0696. The molecule has 5 heteroatoms. The predicted octanol–water partition coefficient (Wildman–Crippen LogP) is 3.15. The number of carboxylic acids is 1. The van der Waals surface area contributed by atoms with Gasteiger partial charge in [0, 0.05) is 0 Å². The fourth-order valence-corrected chi connectivity index (χ4v) is 2.29. The van der Waals surface area contributed by atoms with E-state index in [0.29, 0.717) is 5.69 Å². The number of hydrogen-bond acceptors (Lipinski definition) is 2. The van der Waals surface area contributed by atoms with E-state index in [1.807, 2.05) is 32.0 Å². The van der Waals surface area contributed by atoms with Gasteiger partial charge in [-0.25, -0.2) is 9.48 Å². The van der Waals surface area contributed by atoms with Crippen LogP contribution in [-0.4, -0.2) is 20.9 Å². The van der Waals surface area contributed by atoms with Gasteiger partial charge in [0.2, 0.25) is 0 Å². The molecule has 1 N–H and O–H groups in total. The molecule has 0 atom stereocenters. The largest absolute Gasteiger partial charge is 0.478 e. The van der Waals surface area contributed by atoms with E-state index in [1.54, 1.807) is 6.92 Å². The molecule has 0 radical (unpaired) electrons. The van der Waals surface area contributed by atoms with Crippen molar-refractivity contribution in [3.63, 3.8) is 0 Å². The summed E-state index contributed by atoms with van der Waals surface area (Å²) in [6.45, 7) is 5.57. The Morgan fingerprint density at radius 2 is 2.00 bits per heavy atom. The molecule has 0 aliphatic heterocycles. The zero-order chi connectivity index (χ0) is 13.4. The van der Waals surface area contributed by atoms with Gasteiger partial charge in [0.25, 0.3) is 0 Å². The number of aromatic carboxylic acids is 1. The summed E-state index contributed by atoms with van der Waals surface area (Å²) in [5.41, 5.74) is 3.39. The molecule has 0 spiro atoms. The molecule has 18 heavy (non-hydrogen) atoms. The van der Waals surface area contributed by atoms with Gasteiger partial charge < -0.3 is 5.11 Å². The Balaban J connectivity index is 2.65. The Morgan fingerprint density at radius 1 is 1.33 bits per heavy atom. The number of benzene rings is 1. The van der Waals surface area contributed by atoms with Gasteiger partial charge in [-0.05, 0) is 32.4 Å². The average Bonchev–Trinajstić information content (AvgIpc) is 2.54. The smallest absolute Gasteiger partial charge is 0.340 e. The molecule has 2 aromatic rings. The van der Waals surface area contributed by atoms with E-state index in [1.165, 1.54) is 4.68 Å². The SMILES string of the molecule is Cc1ccc(-n2nc(C)c(C(=O)O)c2Cl)c(C)c1. The molecule has 1 aromatic heterocycles. The van der Waals surface area contributed by atoms with Crippen molar-refractivity contribution in [1.29, 1.82) is 0 Å². The Kier molecular flexibility index (Phi) is 3.13. The third-order valence-electron chi connectivity index (χ3n) is 2.80. The van der Waals surface area contributed by atoms with Gasteiger partial charge in [-0.15, -0.1) is 0 Å². The molecule has 1 heterocycles. The Morgan fingerprint density at radius 3 is 2.50 bits per heavy atom. The second kappa shape index (κ2) is 4.46. The minimum atomic E-state index is -1.06. The standard InChI is InChI=1S/C13H13ClN2O2/c1-7-4-5-10(8(2)6-7)16-12(14)11(13(17)18)9(3)15-16/h4-6H,1-3H3,(H,17,18). The molecule has 1 aromatic carbocycles. The first kappa shape index (κ1) is 12.6. The Labute approximate surface area is 110 Å². The summed E-state index contributed by atoms with van der Waals surface area (Å²) in [6.07, 6.45) is 0. The Hall–Kier alpha value is -1.81. The number of rotatable bonds is 2. The number of aromatic nitrogens is 2. The molecule has 0 saturated heterocycles. The molecule has 2 rings (SSSR count). The molecular formula is C13H13ClN2O2. The zero-order valence-corrected chi connectivity index (χ0v) is 11.1. The van der Waals surface area contributed by atoms with Crippen molar-refractivity contribution in [2.45, 2.75) is 20.8 Å². The van der Waals surface area contributed by atoms with Crippen LogP contribution in [0.5, 0.6) is 0 Å². The third kappa shape index (κ3) is 1.99. The van der Waals surface area contributed by atoms with Crippen LogP contribution in [0.25, 0.3) is 5.69 Å². The molecule has 94 valence electrons. The number of hydrogen-bond donors (Lipinski definition) is 1. The lowest BCUT2D eigenvalue weighted by Crippen LogP contribution is -2.01. The minimum Gasteiger partial charge on any atom is -0.478 e. The maximum absolute atomic E-state index is 11.1. The van der Waals surface area contributed by atoms with E-state index < -0.39 is 5.97 Å². The highest BCUT2D eigenvalue weighted by atomic mass is 35.5. The van der Waals surface area contributed by atoms with Crippen LogP contribution in [-0.2, 0) is 0 Å². The van der Waals surface area contributed by atoms with Gasteiger partial charge in [0.15, 0.2) is 0 Å². The summed E-state index contributed by atoms with van der Waals surface area (Å²) in [7, 11) is 0. The van der Waals surface area contributed by atoms with E-state index in [9.17, 15) is 4.79 Å². The first-order valence-electron chi connectivity index (χ1n) is 5.48. The molecule has 0 saturated carbocycles. The van der Waals surface area contributed by atoms with Crippen molar-refractivity contribution in [3.05, 3.63) is 45.7 Å². The van der Waals surface area contributed by atoms with Crippen molar-refractivity contribution in [2.75, 3.05) is 0 Å². The van der Waals surface area contributed by atoms with Crippen molar-refractivity contribution < 1.29 is 9.90 Å². The fraction of sp³-hybridized carbons (Fsp3) is 0.231. The monoisotopic (exact) mass is 264 g/mol. The molecule has 0 amide bonds. The van der Waals surface area contributed by atoms with Crippen LogP contribution in [0.1, 0.15) is 27.2 Å². The summed E-state index contributed by atoms with van der Waals surface area (Å²) in [5.74, 6) is -1.06. The van der Waals surface area contributed by atoms with Gasteiger partial charge in [-0.2, -0.15) is 5.10 Å². The second-order valence-corrected chi connectivity index (χ2v) is 4.62. The molecule has 0 fully saturated rings.